The molecule has 4 rings (SSSR count). The Morgan fingerprint density at radius 2 is 1.85 bits per heavy atom. The van der Waals surface area contributed by atoms with Gasteiger partial charge in [-0.15, -0.1) is 0 Å². The van der Waals surface area contributed by atoms with E-state index in [9.17, 15) is 14.7 Å². The highest BCUT2D eigenvalue weighted by molar-refractivity contribution is 6.06. The quantitative estimate of drug-likeness (QED) is 0.108. The number of Topliss-reactive ketones (excluding diaryl/α,β-unsaturated/α-hetero) is 1. The van der Waals surface area contributed by atoms with Gasteiger partial charge in [0.1, 0.15) is 5.78 Å². The summed E-state index contributed by atoms with van der Waals surface area (Å²) in [6, 6.07) is 9.94. The van der Waals surface area contributed by atoms with Gasteiger partial charge in [0.2, 0.25) is 0 Å². The number of allylic oxidation sites excluding steroid dienone is 3. The topological polar surface area (TPSA) is 114 Å². The Balaban J connectivity index is 1.39. The van der Waals surface area contributed by atoms with Crippen LogP contribution in [0.4, 0.5) is 0 Å². The highest BCUT2D eigenvalue weighted by atomic mass is 16.5. The average Bonchev–Trinajstić information content (AvgIpc) is 3.46. The van der Waals surface area contributed by atoms with E-state index in [0.717, 1.165) is 48.1 Å². The van der Waals surface area contributed by atoms with Gasteiger partial charge in [-0.3, -0.25) is 9.59 Å². The van der Waals surface area contributed by atoms with Crippen molar-refractivity contribution in [3.8, 4) is 11.5 Å². The van der Waals surface area contributed by atoms with Crippen LogP contribution in [-0.4, -0.2) is 43.5 Å². The van der Waals surface area contributed by atoms with Crippen LogP contribution in [0.5, 0.6) is 11.5 Å². The SMILES string of the molecule is CNC[C@H](C)CC1(CCCC(=O)CC(=O)/C=C/c2cc(OC)c(O)cc2CC2=CNC(N)C(Cc3cc(C)cc(C)c3)=C2)CCCC1. The van der Waals surface area contributed by atoms with Crippen molar-refractivity contribution < 1.29 is 19.4 Å². The van der Waals surface area contributed by atoms with Gasteiger partial charge in [-0.25, -0.2) is 0 Å². The zero-order chi connectivity index (χ0) is 34.0. The summed E-state index contributed by atoms with van der Waals surface area (Å²) in [6.07, 6.45) is 16.7. The maximum Gasteiger partial charge on any atom is 0.163 e. The standard InChI is InChI=1S/C40H55N3O4/c1-27-15-28(2)17-30(16-27)18-34-20-31(26-43-39(34)41)19-33-21-37(46)38(47-5)22-32(33)10-11-36(45)23-35(44)9-8-14-40(12-6-7-13-40)24-29(3)25-42-4/h10-11,15-17,20-22,26,29,39,42-43,46H,6-9,12-14,18-19,23-25,41H2,1-5H3/b11-10+/t29-,39?/m1/s1. The monoisotopic (exact) mass is 641 g/mol. The van der Waals surface area contributed by atoms with Gasteiger partial charge in [0.25, 0.3) is 0 Å². The van der Waals surface area contributed by atoms with E-state index >= 15 is 0 Å². The molecule has 0 spiro atoms. The van der Waals surface area contributed by atoms with E-state index < -0.39 is 0 Å². The van der Waals surface area contributed by atoms with Crippen LogP contribution in [0.15, 0.2) is 59.8 Å². The van der Waals surface area contributed by atoms with Crippen LogP contribution in [0, 0.1) is 25.2 Å². The molecule has 254 valence electrons. The van der Waals surface area contributed by atoms with Gasteiger partial charge in [-0.2, -0.15) is 0 Å². The lowest BCUT2D eigenvalue weighted by Gasteiger charge is -2.32. The van der Waals surface area contributed by atoms with Crippen LogP contribution in [-0.2, 0) is 22.4 Å². The highest BCUT2D eigenvalue weighted by Gasteiger charge is 2.34. The Morgan fingerprint density at radius 1 is 1.13 bits per heavy atom. The van der Waals surface area contributed by atoms with Crippen molar-refractivity contribution in [1.82, 2.24) is 10.6 Å². The number of carbonyl (C=O) groups is 2. The number of aryl methyl sites for hydroxylation is 2. The fourth-order valence-electron chi connectivity index (χ4n) is 7.69. The number of hydrogen-bond donors (Lipinski definition) is 4. The third kappa shape index (κ3) is 10.7. The fourth-order valence-corrected chi connectivity index (χ4v) is 7.69. The first-order valence-corrected chi connectivity index (χ1v) is 17.2. The number of nitrogens with one attached hydrogen (secondary N) is 2. The second-order valence-corrected chi connectivity index (χ2v) is 14.1. The molecule has 0 bridgehead atoms. The molecule has 1 aliphatic carbocycles. The summed E-state index contributed by atoms with van der Waals surface area (Å²) in [7, 11) is 3.50. The molecule has 2 aliphatic rings. The van der Waals surface area contributed by atoms with E-state index in [1.165, 1.54) is 62.0 Å². The van der Waals surface area contributed by atoms with E-state index in [4.69, 9.17) is 10.5 Å². The Bertz CT molecular complexity index is 1480. The molecule has 2 aromatic rings. The number of carbonyl (C=O) groups excluding carboxylic acids is 2. The van der Waals surface area contributed by atoms with Gasteiger partial charge in [0.15, 0.2) is 17.3 Å². The number of ether oxygens (including phenoxy) is 1. The Labute approximate surface area is 281 Å². The van der Waals surface area contributed by atoms with Gasteiger partial charge < -0.3 is 26.2 Å². The molecule has 1 heterocycles. The third-order valence-corrected chi connectivity index (χ3v) is 9.72. The lowest BCUT2D eigenvalue weighted by molar-refractivity contribution is -0.124. The van der Waals surface area contributed by atoms with Crippen LogP contribution < -0.4 is 21.1 Å². The number of benzene rings is 2. The van der Waals surface area contributed by atoms with Crippen molar-refractivity contribution in [3.05, 3.63) is 87.6 Å². The molecular weight excluding hydrogens is 586 g/mol. The summed E-state index contributed by atoms with van der Waals surface area (Å²) < 4.78 is 5.37. The second kappa shape index (κ2) is 16.9. The first kappa shape index (κ1) is 36.2. The molecule has 0 amide bonds. The molecule has 47 heavy (non-hydrogen) atoms. The summed E-state index contributed by atoms with van der Waals surface area (Å²) in [5.41, 5.74) is 14.1. The van der Waals surface area contributed by atoms with Gasteiger partial charge in [-0.1, -0.05) is 61.2 Å². The van der Waals surface area contributed by atoms with Crippen LogP contribution in [0.25, 0.3) is 6.08 Å². The zero-order valence-electron chi connectivity index (χ0n) is 29.1. The number of dihydropyridines is 1. The molecule has 1 aliphatic heterocycles. The Kier molecular flexibility index (Phi) is 13.0. The average molecular weight is 642 g/mol. The second-order valence-electron chi connectivity index (χ2n) is 14.1. The fraction of sp³-hybridized carbons (Fsp3) is 0.500. The van der Waals surface area contributed by atoms with Crippen LogP contribution in [0.3, 0.4) is 0 Å². The van der Waals surface area contributed by atoms with E-state index in [0.29, 0.717) is 29.9 Å². The first-order chi connectivity index (χ1) is 22.5. The lowest BCUT2D eigenvalue weighted by atomic mass is 9.74. The number of nitrogens with two attached hydrogens (primary N) is 1. The molecule has 2 atom stereocenters. The number of phenols is 1. The molecule has 1 saturated carbocycles. The summed E-state index contributed by atoms with van der Waals surface area (Å²) in [5, 5.41) is 17.2. The molecule has 7 heteroatoms. The van der Waals surface area contributed by atoms with E-state index in [1.807, 2.05) is 13.2 Å². The predicted molar refractivity (Wildman–Crippen MR) is 191 cm³/mol. The van der Waals surface area contributed by atoms with Crippen molar-refractivity contribution in [2.45, 2.75) is 97.6 Å². The summed E-state index contributed by atoms with van der Waals surface area (Å²) in [4.78, 5) is 25.7. The molecule has 7 nitrogen and oxygen atoms in total. The van der Waals surface area contributed by atoms with Crippen molar-refractivity contribution in [2.24, 2.45) is 17.1 Å². The van der Waals surface area contributed by atoms with E-state index in [2.05, 4.69) is 55.7 Å². The minimum atomic E-state index is -0.288. The zero-order valence-corrected chi connectivity index (χ0v) is 29.1. The summed E-state index contributed by atoms with van der Waals surface area (Å²) in [6.45, 7) is 7.52. The maximum absolute atomic E-state index is 12.9. The number of rotatable bonds is 17. The van der Waals surface area contributed by atoms with Gasteiger partial charge in [0.05, 0.1) is 19.7 Å². The normalized spacial score (nSPS) is 18.0. The number of aromatic hydroxyl groups is 1. The lowest BCUT2D eigenvalue weighted by Crippen LogP contribution is -2.38. The molecule has 0 aromatic heterocycles. The van der Waals surface area contributed by atoms with Crippen molar-refractivity contribution in [3.63, 3.8) is 0 Å². The Hall–Kier alpha value is -3.68. The molecule has 5 N–H and O–H groups in total. The summed E-state index contributed by atoms with van der Waals surface area (Å²) >= 11 is 0. The van der Waals surface area contributed by atoms with Crippen LogP contribution in [0.1, 0.15) is 92.5 Å². The van der Waals surface area contributed by atoms with Gasteiger partial charge >= 0.3 is 0 Å². The first-order valence-electron chi connectivity index (χ1n) is 17.2. The smallest absolute Gasteiger partial charge is 0.163 e. The minimum Gasteiger partial charge on any atom is -0.504 e. The maximum atomic E-state index is 12.9. The van der Waals surface area contributed by atoms with E-state index in [-0.39, 0.29) is 29.9 Å². The largest absolute Gasteiger partial charge is 0.504 e. The van der Waals surface area contributed by atoms with Gasteiger partial charge in [0, 0.05) is 12.6 Å². The number of phenolic OH excluding ortho intramolecular Hbond substituents is 1. The molecular formula is C40H55N3O4. The van der Waals surface area contributed by atoms with Crippen LogP contribution in [0.2, 0.25) is 0 Å². The third-order valence-electron chi connectivity index (χ3n) is 9.72. The molecule has 1 unspecified atom stereocenters. The van der Waals surface area contributed by atoms with Crippen LogP contribution >= 0.6 is 0 Å². The predicted octanol–water partition coefficient (Wildman–Crippen LogP) is 7.02. The van der Waals surface area contributed by atoms with Gasteiger partial charge in [-0.05, 0) is 130 Å². The number of ketones is 2. The van der Waals surface area contributed by atoms with Crippen molar-refractivity contribution in [2.75, 3.05) is 20.7 Å². The Morgan fingerprint density at radius 3 is 2.53 bits per heavy atom. The number of hydrogen-bond acceptors (Lipinski definition) is 7. The summed E-state index contributed by atoms with van der Waals surface area (Å²) in [5.74, 6) is 0.753. The molecule has 2 aromatic carbocycles. The number of methoxy groups -OCH3 is 1. The van der Waals surface area contributed by atoms with E-state index in [1.54, 1.807) is 18.2 Å². The molecule has 0 radical (unpaired) electrons. The highest BCUT2D eigenvalue weighted by Crippen LogP contribution is 2.47. The minimum absolute atomic E-state index is 0.00387. The molecule has 1 fully saturated rings. The van der Waals surface area contributed by atoms with Crippen molar-refractivity contribution in [1.29, 1.82) is 0 Å². The molecule has 0 saturated heterocycles. The van der Waals surface area contributed by atoms with Crippen molar-refractivity contribution >= 4 is 17.6 Å².